The molecule has 11 heteroatoms. The third kappa shape index (κ3) is 5.67. The second kappa shape index (κ2) is 9.40. The molecule has 1 aromatic carbocycles. The predicted octanol–water partition coefficient (Wildman–Crippen LogP) is 1.71. The van der Waals surface area contributed by atoms with Crippen molar-refractivity contribution in [3.8, 4) is 17.3 Å². The van der Waals surface area contributed by atoms with Crippen LogP contribution >= 0.6 is 11.6 Å². The number of benzene rings is 1. The molecule has 0 aliphatic carbocycles. The van der Waals surface area contributed by atoms with Crippen LogP contribution in [-0.4, -0.2) is 37.6 Å². The summed E-state index contributed by atoms with van der Waals surface area (Å²) >= 11 is 5.95. The number of aromatic amines is 1. The molecule has 0 saturated heterocycles. The van der Waals surface area contributed by atoms with E-state index >= 15 is 0 Å². The molecule has 0 unspecified atom stereocenters. The molecule has 9 nitrogen and oxygen atoms in total. The van der Waals surface area contributed by atoms with Crippen LogP contribution in [0.1, 0.15) is 24.0 Å². The quantitative estimate of drug-likeness (QED) is 0.485. The van der Waals surface area contributed by atoms with Gasteiger partial charge in [0.15, 0.2) is 0 Å². The van der Waals surface area contributed by atoms with Crippen LogP contribution in [0.2, 0.25) is 5.02 Å². The van der Waals surface area contributed by atoms with Gasteiger partial charge in [-0.1, -0.05) is 11.6 Å². The molecule has 0 fully saturated rings. The average Bonchev–Trinajstić information content (AvgIpc) is 3.30. The minimum Gasteiger partial charge on any atom is -0.369 e. The lowest BCUT2D eigenvalue weighted by Gasteiger charge is -2.13. The second-order valence-corrected chi connectivity index (χ2v) is 7.40. The van der Waals surface area contributed by atoms with E-state index in [4.69, 9.17) is 22.6 Å². The van der Waals surface area contributed by atoms with Crippen molar-refractivity contribution in [1.29, 1.82) is 5.26 Å². The number of nitriles is 1. The summed E-state index contributed by atoms with van der Waals surface area (Å²) in [5.74, 6) is -1.04. The van der Waals surface area contributed by atoms with Crippen molar-refractivity contribution in [3.05, 3.63) is 58.5 Å². The zero-order valence-corrected chi connectivity index (χ0v) is 17.3. The zero-order chi connectivity index (χ0) is 22.5. The number of aromatic nitrogens is 4. The number of H-pyrrole nitrogens is 1. The minimum absolute atomic E-state index is 0.0190. The van der Waals surface area contributed by atoms with Gasteiger partial charge in [-0.3, -0.25) is 14.3 Å². The highest BCUT2D eigenvalue weighted by atomic mass is 35.5. The number of carbonyl (C=O) groups is 2. The Bertz CT molecular complexity index is 1140. The molecular formula is C20H19ClFN7O2. The molecule has 2 aromatic heterocycles. The number of carbonyl (C=O) groups excluding carboxylic acids is 2. The van der Waals surface area contributed by atoms with Gasteiger partial charge < -0.3 is 16.0 Å². The predicted molar refractivity (Wildman–Crippen MR) is 110 cm³/mol. The van der Waals surface area contributed by atoms with Crippen LogP contribution in [-0.2, 0) is 29.0 Å². The fourth-order valence-corrected chi connectivity index (χ4v) is 3.27. The zero-order valence-electron chi connectivity index (χ0n) is 16.5. The van der Waals surface area contributed by atoms with Crippen LogP contribution in [0.5, 0.6) is 0 Å². The number of nitrogens with zero attached hydrogens (tertiary/aromatic N) is 4. The molecule has 3 rings (SSSR count). The maximum absolute atomic E-state index is 14.0. The van der Waals surface area contributed by atoms with Crippen molar-refractivity contribution < 1.29 is 14.0 Å². The normalized spacial score (nSPS) is 11.7. The monoisotopic (exact) mass is 443 g/mol. The fourth-order valence-electron chi connectivity index (χ4n) is 3.02. The van der Waals surface area contributed by atoms with E-state index in [0.29, 0.717) is 29.3 Å². The van der Waals surface area contributed by atoms with E-state index in [2.05, 4.69) is 20.4 Å². The van der Waals surface area contributed by atoms with Crippen molar-refractivity contribution in [3.63, 3.8) is 0 Å². The van der Waals surface area contributed by atoms with E-state index in [1.807, 2.05) is 6.92 Å². The molecule has 31 heavy (non-hydrogen) atoms. The van der Waals surface area contributed by atoms with Crippen molar-refractivity contribution in [1.82, 2.24) is 25.1 Å². The number of halogens is 2. The molecule has 0 spiro atoms. The smallest absolute Gasteiger partial charge is 0.226 e. The Balaban J connectivity index is 1.58. The van der Waals surface area contributed by atoms with Gasteiger partial charge in [0.1, 0.15) is 23.3 Å². The highest BCUT2D eigenvalue weighted by molar-refractivity contribution is 6.32. The van der Waals surface area contributed by atoms with Crippen LogP contribution in [0.4, 0.5) is 4.39 Å². The number of primary amides is 1. The Morgan fingerprint density at radius 3 is 2.87 bits per heavy atom. The summed E-state index contributed by atoms with van der Waals surface area (Å²) in [6.07, 6.45) is 3.24. The SMILES string of the molecule is C[C@@H](Cn1ccc(-c2cc(F)c(C#N)c(Cl)c2)n1)NC(=O)Cc1cnc(CC(N)=O)[nH]1. The molecule has 0 bridgehead atoms. The van der Waals surface area contributed by atoms with E-state index in [1.165, 1.54) is 18.3 Å². The number of amides is 2. The molecule has 0 aliphatic rings. The van der Waals surface area contributed by atoms with E-state index in [9.17, 15) is 14.0 Å². The van der Waals surface area contributed by atoms with Crippen LogP contribution in [0.3, 0.4) is 0 Å². The van der Waals surface area contributed by atoms with Gasteiger partial charge in [0.25, 0.3) is 0 Å². The molecule has 2 heterocycles. The first kappa shape index (κ1) is 22.0. The van der Waals surface area contributed by atoms with Gasteiger partial charge in [-0.25, -0.2) is 9.37 Å². The topological polar surface area (TPSA) is 142 Å². The number of hydrogen-bond acceptors (Lipinski definition) is 5. The first-order valence-corrected chi connectivity index (χ1v) is 9.66. The van der Waals surface area contributed by atoms with E-state index < -0.39 is 11.7 Å². The molecule has 0 aliphatic heterocycles. The molecule has 2 amide bonds. The summed E-state index contributed by atoms with van der Waals surface area (Å²) in [5.41, 5.74) is 6.42. The van der Waals surface area contributed by atoms with Gasteiger partial charge in [0.05, 0.1) is 30.1 Å². The number of imidazole rings is 1. The Labute approximate surface area is 182 Å². The highest BCUT2D eigenvalue weighted by Gasteiger charge is 2.14. The fraction of sp³-hybridized carbons (Fsp3) is 0.250. The summed E-state index contributed by atoms with van der Waals surface area (Å²) in [4.78, 5) is 30.0. The molecule has 160 valence electrons. The number of hydrogen-bond donors (Lipinski definition) is 3. The average molecular weight is 444 g/mol. The van der Waals surface area contributed by atoms with Crippen molar-refractivity contribution >= 4 is 23.4 Å². The van der Waals surface area contributed by atoms with Crippen molar-refractivity contribution in [2.75, 3.05) is 0 Å². The lowest BCUT2D eigenvalue weighted by molar-refractivity contribution is -0.121. The van der Waals surface area contributed by atoms with Crippen LogP contribution in [0.15, 0.2) is 30.6 Å². The molecular weight excluding hydrogens is 425 g/mol. The van der Waals surface area contributed by atoms with Crippen molar-refractivity contribution in [2.45, 2.75) is 32.4 Å². The van der Waals surface area contributed by atoms with Gasteiger partial charge >= 0.3 is 0 Å². The van der Waals surface area contributed by atoms with Gasteiger partial charge in [0.2, 0.25) is 11.8 Å². The first-order valence-electron chi connectivity index (χ1n) is 9.28. The summed E-state index contributed by atoms with van der Waals surface area (Å²) < 4.78 is 15.6. The van der Waals surface area contributed by atoms with E-state index in [-0.39, 0.29) is 35.4 Å². The van der Waals surface area contributed by atoms with Gasteiger partial charge in [-0.15, -0.1) is 0 Å². The molecule has 1 atom stereocenters. The van der Waals surface area contributed by atoms with Gasteiger partial charge in [-0.2, -0.15) is 10.4 Å². The Hall–Kier alpha value is -3.71. The van der Waals surface area contributed by atoms with Gasteiger partial charge in [0, 0.05) is 29.7 Å². The molecule has 0 radical (unpaired) electrons. The van der Waals surface area contributed by atoms with Crippen molar-refractivity contribution in [2.24, 2.45) is 5.73 Å². The maximum Gasteiger partial charge on any atom is 0.226 e. The lowest BCUT2D eigenvalue weighted by atomic mass is 10.1. The standard InChI is InChI=1S/C20H19ClFN7O2/c1-11(26-20(31)6-13-9-25-19(27-13)7-18(24)30)10-29-3-2-17(28-29)12-4-15(21)14(8-23)16(22)5-12/h2-5,9,11H,6-7,10H2,1H3,(H2,24,30)(H,25,27)(H,26,31)/t11-/m0/s1. The third-order valence-corrected chi connectivity index (χ3v) is 4.63. The van der Waals surface area contributed by atoms with Crippen LogP contribution in [0.25, 0.3) is 11.3 Å². The summed E-state index contributed by atoms with van der Waals surface area (Å²) in [6, 6.07) is 5.86. The maximum atomic E-state index is 14.0. The lowest BCUT2D eigenvalue weighted by Crippen LogP contribution is -2.36. The van der Waals surface area contributed by atoms with Crippen LogP contribution in [0, 0.1) is 17.1 Å². The Morgan fingerprint density at radius 2 is 2.19 bits per heavy atom. The third-order valence-electron chi connectivity index (χ3n) is 4.33. The number of nitrogens with two attached hydrogens (primary N) is 1. The Kier molecular flexibility index (Phi) is 6.67. The van der Waals surface area contributed by atoms with Crippen LogP contribution < -0.4 is 11.1 Å². The van der Waals surface area contributed by atoms with Gasteiger partial charge in [-0.05, 0) is 25.1 Å². The minimum atomic E-state index is -0.710. The summed E-state index contributed by atoms with van der Waals surface area (Å²) in [5, 5.41) is 16.2. The molecule has 3 aromatic rings. The first-order chi connectivity index (χ1) is 14.7. The number of nitrogens with one attached hydrogen (secondary N) is 2. The largest absolute Gasteiger partial charge is 0.369 e. The molecule has 0 saturated carbocycles. The van der Waals surface area contributed by atoms with E-state index in [1.54, 1.807) is 23.0 Å². The number of rotatable bonds is 8. The van der Waals surface area contributed by atoms with E-state index in [0.717, 1.165) is 0 Å². The summed E-state index contributed by atoms with van der Waals surface area (Å²) in [6.45, 7) is 2.21. The highest BCUT2D eigenvalue weighted by Crippen LogP contribution is 2.26. The molecule has 4 N–H and O–H groups in total. The Morgan fingerprint density at radius 1 is 1.42 bits per heavy atom. The summed E-state index contributed by atoms with van der Waals surface area (Å²) in [7, 11) is 0. The second-order valence-electron chi connectivity index (χ2n) is 6.99.